The first-order valence-corrected chi connectivity index (χ1v) is 7.77. The molecule has 1 fully saturated rings. The van der Waals surface area contributed by atoms with Gasteiger partial charge in [-0.15, -0.1) is 0 Å². The number of carbonyl (C=O) groups excluding carboxylic acids is 3. The van der Waals surface area contributed by atoms with Crippen LogP contribution in [0.1, 0.15) is 24.8 Å². The molecule has 1 aromatic carbocycles. The first-order valence-electron chi connectivity index (χ1n) is 7.39. The summed E-state index contributed by atoms with van der Waals surface area (Å²) in [6.45, 7) is 1.39. The highest BCUT2D eigenvalue weighted by molar-refractivity contribution is 6.30. The Labute approximate surface area is 144 Å². The maximum absolute atomic E-state index is 12.5. The van der Waals surface area contributed by atoms with Gasteiger partial charge in [-0.25, -0.2) is 0 Å². The maximum atomic E-state index is 12.5. The van der Waals surface area contributed by atoms with Crippen LogP contribution in [0.25, 0.3) is 0 Å². The molecule has 4 atom stereocenters. The van der Waals surface area contributed by atoms with Crippen molar-refractivity contribution >= 4 is 29.3 Å². The molecule has 6 nitrogen and oxygen atoms in total. The van der Waals surface area contributed by atoms with Gasteiger partial charge in [0.15, 0.2) is 5.78 Å². The van der Waals surface area contributed by atoms with Gasteiger partial charge in [0.1, 0.15) is 5.92 Å². The molecule has 0 aromatic heterocycles. The molecule has 0 saturated heterocycles. The summed E-state index contributed by atoms with van der Waals surface area (Å²) >= 11 is 5.89. The fourth-order valence-electron chi connectivity index (χ4n) is 3.35. The van der Waals surface area contributed by atoms with Gasteiger partial charge in [0, 0.05) is 17.4 Å². The van der Waals surface area contributed by atoms with Crippen molar-refractivity contribution in [2.24, 2.45) is 11.8 Å². The van der Waals surface area contributed by atoms with Crippen LogP contribution in [-0.4, -0.2) is 42.6 Å². The van der Waals surface area contributed by atoms with Crippen LogP contribution in [-0.2, 0) is 23.9 Å². The fraction of sp³-hybridized carbons (Fsp3) is 0.471. The molecule has 1 aliphatic carbocycles. The van der Waals surface area contributed by atoms with Gasteiger partial charge in [-0.2, -0.15) is 0 Å². The second-order valence-corrected chi connectivity index (χ2v) is 6.52. The molecule has 1 N–H and O–H groups in total. The average Bonchev–Trinajstić information content (AvgIpc) is 2.53. The van der Waals surface area contributed by atoms with Crippen LogP contribution in [0.5, 0.6) is 0 Å². The number of benzene rings is 1. The molecule has 0 aliphatic heterocycles. The van der Waals surface area contributed by atoms with E-state index in [0.717, 1.165) is 0 Å². The number of carbonyl (C=O) groups is 3. The Bertz CT molecular complexity index is 652. The van der Waals surface area contributed by atoms with Crippen LogP contribution < -0.4 is 0 Å². The zero-order chi connectivity index (χ0) is 18.1. The molecule has 0 unspecified atom stereocenters. The monoisotopic (exact) mass is 354 g/mol. The Morgan fingerprint density at radius 3 is 2.21 bits per heavy atom. The lowest BCUT2D eigenvalue weighted by atomic mass is 9.62. The molecule has 7 heteroatoms. The number of hydrogen-bond donors (Lipinski definition) is 1. The second-order valence-electron chi connectivity index (χ2n) is 6.08. The first kappa shape index (κ1) is 18.4. The van der Waals surface area contributed by atoms with Gasteiger partial charge in [-0.05, 0) is 24.6 Å². The van der Waals surface area contributed by atoms with Crippen LogP contribution in [0.3, 0.4) is 0 Å². The summed E-state index contributed by atoms with van der Waals surface area (Å²) in [5.41, 5.74) is -1.11. The zero-order valence-electron chi connectivity index (χ0n) is 13.6. The number of methoxy groups -OCH3 is 2. The van der Waals surface area contributed by atoms with E-state index in [-0.39, 0.29) is 6.42 Å². The number of hydrogen-bond acceptors (Lipinski definition) is 6. The molecule has 1 aromatic rings. The van der Waals surface area contributed by atoms with Gasteiger partial charge >= 0.3 is 11.9 Å². The fourth-order valence-corrected chi connectivity index (χ4v) is 3.48. The minimum atomic E-state index is -1.64. The third-order valence-electron chi connectivity index (χ3n) is 4.43. The van der Waals surface area contributed by atoms with E-state index in [2.05, 4.69) is 0 Å². The third-order valence-corrected chi connectivity index (χ3v) is 4.68. The molecule has 0 bridgehead atoms. The Kier molecular flexibility index (Phi) is 5.30. The number of Topliss-reactive ketones (excluding diaryl/α,β-unsaturated/α-hetero) is 1. The lowest BCUT2D eigenvalue weighted by molar-refractivity contribution is -0.170. The standard InChI is InChI=1S/C17H19ClO6/c1-17(22)8-11(19)13(15(20)23-2)12(14(17)16(21)24-3)9-4-6-10(18)7-5-9/h4-7,12-14,22H,8H2,1-3H3/t12-,13-,14+,17+/m0/s1. The summed E-state index contributed by atoms with van der Waals surface area (Å²) in [6.07, 6.45) is -0.337. The Morgan fingerprint density at radius 2 is 1.71 bits per heavy atom. The Morgan fingerprint density at radius 1 is 1.17 bits per heavy atom. The van der Waals surface area contributed by atoms with Crippen LogP contribution in [0.2, 0.25) is 5.02 Å². The molecule has 0 radical (unpaired) electrons. The van der Waals surface area contributed by atoms with Crippen molar-refractivity contribution in [3.05, 3.63) is 34.9 Å². The van der Waals surface area contributed by atoms with E-state index in [4.69, 9.17) is 21.1 Å². The smallest absolute Gasteiger partial charge is 0.316 e. The molecule has 0 heterocycles. The lowest BCUT2D eigenvalue weighted by Gasteiger charge is -2.43. The molecule has 1 saturated carbocycles. The van der Waals surface area contributed by atoms with E-state index < -0.39 is 41.1 Å². The number of ether oxygens (including phenoxy) is 2. The van der Waals surface area contributed by atoms with Gasteiger partial charge in [-0.1, -0.05) is 23.7 Å². The Balaban J connectivity index is 2.63. The molecular weight excluding hydrogens is 336 g/mol. The van der Waals surface area contributed by atoms with Gasteiger partial charge in [-0.3, -0.25) is 14.4 Å². The van der Waals surface area contributed by atoms with E-state index >= 15 is 0 Å². The summed E-state index contributed by atoms with van der Waals surface area (Å²) in [6, 6.07) is 6.42. The summed E-state index contributed by atoms with van der Waals surface area (Å²) in [5, 5.41) is 11.1. The maximum Gasteiger partial charge on any atom is 0.316 e. The van der Waals surface area contributed by atoms with Crippen molar-refractivity contribution in [1.82, 2.24) is 0 Å². The summed E-state index contributed by atoms with van der Waals surface area (Å²) in [4.78, 5) is 37.0. The Hall–Kier alpha value is -1.92. The summed E-state index contributed by atoms with van der Waals surface area (Å²) < 4.78 is 9.56. The molecule has 0 spiro atoms. The second kappa shape index (κ2) is 6.91. The summed E-state index contributed by atoms with van der Waals surface area (Å²) in [5.74, 6) is -5.11. The van der Waals surface area contributed by atoms with Crippen molar-refractivity contribution in [3.8, 4) is 0 Å². The van der Waals surface area contributed by atoms with Crippen molar-refractivity contribution in [3.63, 3.8) is 0 Å². The molecule has 0 amide bonds. The van der Waals surface area contributed by atoms with Gasteiger partial charge in [0.25, 0.3) is 0 Å². The number of rotatable bonds is 3. The predicted octanol–water partition coefficient (Wildman–Crippen LogP) is 1.73. The van der Waals surface area contributed by atoms with E-state index in [1.165, 1.54) is 21.1 Å². The summed E-state index contributed by atoms with van der Waals surface area (Å²) in [7, 11) is 2.37. The lowest BCUT2D eigenvalue weighted by Crippen LogP contribution is -2.55. The molecule has 1 aliphatic rings. The van der Waals surface area contributed by atoms with Crippen molar-refractivity contribution in [2.75, 3.05) is 14.2 Å². The SMILES string of the molecule is COC(=O)[C@H]1C(=O)C[C@@](C)(O)[C@@H](C(=O)OC)[C@H]1c1ccc(Cl)cc1. The normalized spacial score (nSPS) is 29.9. The third kappa shape index (κ3) is 3.30. The minimum Gasteiger partial charge on any atom is -0.469 e. The van der Waals surface area contributed by atoms with Crippen molar-refractivity contribution in [2.45, 2.75) is 24.9 Å². The highest BCUT2D eigenvalue weighted by Gasteiger charge is 2.56. The van der Waals surface area contributed by atoms with Gasteiger partial charge in [0.05, 0.1) is 25.7 Å². The highest BCUT2D eigenvalue weighted by atomic mass is 35.5. The minimum absolute atomic E-state index is 0.337. The van der Waals surface area contributed by atoms with E-state index in [1.54, 1.807) is 24.3 Å². The average molecular weight is 355 g/mol. The molecule has 130 valence electrons. The number of aliphatic hydroxyl groups is 1. The van der Waals surface area contributed by atoms with Crippen LogP contribution >= 0.6 is 11.6 Å². The molecule has 24 heavy (non-hydrogen) atoms. The van der Waals surface area contributed by atoms with Gasteiger partial charge < -0.3 is 14.6 Å². The van der Waals surface area contributed by atoms with E-state index in [1.807, 2.05) is 0 Å². The van der Waals surface area contributed by atoms with Crippen LogP contribution in [0.4, 0.5) is 0 Å². The topological polar surface area (TPSA) is 89.9 Å². The quantitative estimate of drug-likeness (QED) is 0.656. The molecular formula is C17H19ClO6. The van der Waals surface area contributed by atoms with Crippen molar-refractivity contribution in [1.29, 1.82) is 0 Å². The number of esters is 2. The molecule has 2 rings (SSSR count). The zero-order valence-corrected chi connectivity index (χ0v) is 14.4. The van der Waals surface area contributed by atoms with E-state index in [9.17, 15) is 19.5 Å². The van der Waals surface area contributed by atoms with Crippen molar-refractivity contribution < 1.29 is 29.0 Å². The van der Waals surface area contributed by atoms with Gasteiger partial charge in [0.2, 0.25) is 0 Å². The van der Waals surface area contributed by atoms with Crippen LogP contribution in [0, 0.1) is 11.8 Å². The van der Waals surface area contributed by atoms with E-state index in [0.29, 0.717) is 10.6 Å². The van der Waals surface area contributed by atoms with Crippen LogP contribution in [0.15, 0.2) is 24.3 Å². The number of ketones is 1. The number of halogens is 1. The largest absolute Gasteiger partial charge is 0.469 e. The first-order chi connectivity index (χ1) is 11.2. The highest BCUT2D eigenvalue weighted by Crippen LogP contribution is 2.46. The predicted molar refractivity (Wildman–Crippen MR) is 85.5 cm³/mol.